The quantitative estimate of drug-likeness (QED) is 0.596. The lowest BCUT2D eigenvalue weighted by Gasteiger charge is -2.04. The largest absolute Gasteiger partial charge is 0.497 e. The van der Waals surface area contributed by atoms with Crippen molar-refractivity contribution in [3.05, 3.63) is 59.0 Å². The molecule has 0 fully saturated rings. The molecule has 0 saturated carbocycles. The molecule has 0 aliphatic heterocycles. The van der Waals surface area contributed by atoms with E-state index in [1.54, 1.807) is 13.2 Å². The highest BCUT2D eigenvalue weighted by atomic mass is 16.5. The number of aromatic nitrogens is 3. The van der Waals surface area contributed by atoms with E-state index in [4.69, 9.17) is 4.74 Å². The van der Waals surface area contributed by atoms with E-state index in [1.165, 1.54) is 0 Å². The fourth-order valence-electron chi connectivity index (χ4n) is 2.65. The molecular formula is C17H13N3O2. The maximum absolute atomic E-state index is 12.3. The molecule has 0 saturated heterocycles. The van der Waals surface area contributed by atoms with Crippen LogP contribution in [-0.2, 0) is 0 Å². The summed E-state index contributed by atoms with van der Waals surface area (Å²) < 4.78 is 5.15. The summed E-state index contributed by atoms with van der Waals surface area (Å²) in [5.74, 6) is 1.19. The molecule has 4 aromatic rings. The Kier molecular flexibility index (Phi) is 2.72. The molecule has 0 spiro atoms. The molecule has 22 heavy (non-hydrogen) atoms. The number of nitrogens with zero attached hydrogens (tertiary/aromatic N) is 1. The third-order valence-electron chi connectivity index (χ3n) is 3.77. The van der Waals surface area contributed by atoms with Gasteiger partial charge in [-0.05, 0) is 24.3 Å². The van der Waals surface area contributed by atoms with Crippen molar-refractivity contribution >= 4 is 21.8 Å². The maximum Gasteiger partial charge on any atom is 0.281 e. The second-order valence-corrected chi connectivity index (χ2v) is 5.05. The molecule has 4 rings (SSSR count). The third-order valence-corrected chi connectivity index (χ3v) is 3.77. The summed E-state index contributed by atoms with van der Waals surface area (Å²) in [5, 5.41) is 1.54. The predicted molar refractivity (Wildman–Crippen MR) is 86.2 cm³/mol. The number of H-pyrrole nitrogens is 2. The van der Waals surface area contributed by atoms with Crippen LogP contribution in [-0.4, -0.2) is 22.1 Å². The Morgan fingerprint density at radius 2 is 1.91 bits per heavy atom. The monoisotopic (exact) mass is 291 g/mol. The van der Waals surface area contributed by atoms with Gasteiger partial charge in [-0.1, -0.05) is 18.2 Å². The van der Waals surface area contributed by atoms with Gasteiger partial charge >= 0.3 is 0 Å². The third kappa shape index (κ3) is 1.87. The second-order valence-electron chi connectivity index (χ2n) is 5.05. The van der Waals surface area contributed by atoms with Gasteiger partial charge in [0.05, 0.1) is 18.0 Å². The molecule has 0 radical (unpaired) electrons. The summed E-state index contributed by atoms with van der Waals surface area (Å²) in [6.45, 7) is 0. The molecule has 0 aliphatic rings. The van der Waals surface area contributed by atoms with E-state index in [0.29, 0.717) is 17.0 Å². The van der Waals surface area contributed by atoms with Crippen molar-refractivity contribution in [1.82, 2.24) is 15.0 Å². The van der Waals surface area contributed by atoms with Crippen molar-refractivity contribution in [2.24, 2.45) is 0 Å². The Labute approximate surface area is 125 Å². The standard InChI is InChI=1S/C17H13N3O2/c1-22-10-6-7-15-12(8-10)17(21)20-16(19-15)13-9-18-14-5-3-2-4-11(13)14/h2-9,18H,1H3,(H,19,20,21). The zero-order valence-corrected chi connectivity index (χ0v) is 11.9. The molecule has 0 atom stereocenters. The number of methoxy groups -OCH3 is 1. The number of hydrogen-bond acceptors (Lipinski definition) is 3. The first-order chi connectivity index (χ1) is 10.8. The second kappa shape index (κ2) is 4.73. The zero-order chi connectivity index (χ0) is 15.1. The molecule has 0 amide bonds. The summed E-state index contributed by atoms with van der Waals surface area (Å²) >= 11 is 0. The summed E-state index contributed by atoms with van der Waals surface area (Å²) in [5.41, 5.74) is 2.36. The minimum atomic E-state index is -0.270. The van der Waals surface area contributed by atoms with Crippen LogP contribution in [0.25, 0.3) is 33.2 Å². The van der Waals surface area contributed by atoms with Gasteiger partial charge in [-0.25, -0.2) is 0 Å². The summed E-state index contributed by atoms with van der Waals surface area (Å²) in [6, 6.07) is 13.3. The van der Waals surface area contributed by atoms with E-state index in [9.17, 15) is 4.79 Å². The highest BCUT2D eigenvalue weighted by Gasteiger charge is 2.11. The minimum Gasteiger partial charge on any atom is -0.497 e. The highest BCUT2D eigenvalue weighted by Crippen LogP contribution is 2.26. The Morgan fingerprint density at radius 1 is 1.05 bits per heavy atom. The average Bonchev–Trinajstić information content (AvgIpc) is 2.98. The van der Waals surface area contributed by atoms with Gasteiger partial charge in [0.25, 0.3) is 5.56 Å². The molecule has 2 N–H and O–H groups in total. The molecule has 2 heterocycles. The lowest BCUT2D eigenvalue weighted by Crippen LogP contribution is -2.09. The Morgan fingerprint density at radius 3 is 2.77 bits per heavy atom. The summed E-state index contributed by atoms with van der Waals surface area (Å²) in [7, 11) is 1.57. The van der Waals surface area contributed by atoms with Gasteiger partial charge in [0.2, 0.25) is 0 Å². The molecular weight excluding hydrogens is 278 g/mol. The van der Waals surface area contributed by atoms with Gasteiger partial charge in [0, 0.05) is 22.7 Å². The van der Waals surface area contributed by atoms with Gasteiger partial charge in [-0.15, -0.1) is 0 Å². The van der Waals surface area contributed by atoms with Crippen molar-refractivity contribution in [2.45, 2.75) is 0 Å². The van der Waals surface area contributed by atoms with E-state index >= 15 is 0 Å². The number of nitrogens with one attached hydrogen (secondary N) is 2. The van der Waals surface area contributed by atoms with E-state index in [2.05, 4.69) is 15.0 Å². The first-order valence-electron chi connectivity index (χ1n) is 6.91. The SMILES string of the molecule is COc1ccc2[nH]c(-c3c[nH]c4ccccc34)nc(=O)c2c1. The molecule has 5 nitrogen and oxygen atoms in total. The Bertz CT molecular complexity index is 1050. The summed E-state index contributed by atoms with van der Waals surface area (Å²) in [4.78, 5) is 22.9. The Hall–Kier alpha value is -3.08. The number of fused-ring (bicyclic) bond motifs is 2. The van der Waals surface area contributed by atoms with Gasteiger partial charge in [0.15, 0.2) is 0 Å². The van der Waals surface area contributed by atoms with Crippen LogP contribution in [0.2, 0.25) is 0 Å². The van der Waals surface area contributed by atoms with Crippen LogP contribution in [0.1, 0.15) is 0 Å². The number of hydrogen-bond donors (Lipinski definition) is 2. The lowest BCUT2D eigenvalue weighted by atomic mass is 10.1. The number of benzene rings is 2. The molecule has 0 bridgehead atoms. The van der Waals surface area contributed by atoms with Crippen molar-refractivity contribution in [2.75, 3.05) is 7.11 Å². The first kappa shape index (κ1) is 12.6. The van der Waals surface area contributed by atoms with Crippen LogP contribution in [0.4, 0.5) is 0 Å². The van der Waals surface area contributed by atoms with E-state index in [-0.39, 0.29) is 5.56 Å². The number of rotatable bonds is 2. The van der Waals surface area contributed by atoms with Gasteiger partial charge in [-0.2, -0.15) is 4.98 Å². The first-order valence-corrected chi connectivity index (χ1v) is 6.91. The fraction of sp³-hybridized carbons (Fsp3) is 0.0588. The number of ether oxygens (including phenoxy) is 1. The summed E-state index contributed by atoms with van der Waals surface area (Å²) in [6.07, 6.45) is 1.86. The molecule has 108 valence electrons. The van der Waals surface area contributed by atoms with Crippen molar-refractivity contribution in [3.8, 4) is 17.1 Å². The molecule has 2 aromatic carbocycles. The van der Waals surface area contributed by atoms with Gasteiger partial charge < -0.3 is 14.7 Å². The minimum absolute atomic E-state index is 0.270. The lowest BCUT2D eigenvalue weighted by molar-refractivity contribution is 0.415. The van der Waals surface area contributed by atoms with Crippen molar-refractivity contribution < 1.29 is 4.74 Å². The van der Waals surface area contributed by atoms with Crippen LogP contribution in [0.3, 0.4) is 0 Å². The molecule has 5 heteroatoms. The van der Waals surface area contributed by atoms with E-state index in [0.717, 1.165) is 22.0 Å². The smallest absolute Gasteiger partial charge is 0.281 e. The molecule has 0 aliphatic carbocycles. The van der Waals surface area contributed by atoms with E-state index in [1.807, 2.05) is 42.6 Å². The number of para-hydroxylation sites is 1. The normalized spacial score (nSPS) is 11.1. The van der Waals surface area contributed by atoms with E-state index < -0.39 is 0 Å². The number of aromatic amines is 2. The van der Waals surface area contributed by atoms with Gasteiger partial charge in [-0.3, -0.25) is 4.79 Å². The topological polar surface area (TPSA) is 70.8 Å². The average molecular weight is 291 g/mol. The van der Waals surface area contributed by atoms with Crippen LogP contribution in [0.15, 0.2) is 53.5 Å². The predicted octanol–water partition coefficient (Wildman–Crippen LogP) is 3.08. The zero-order valence-electron chi connectivity index (χ0n) is 11.9. The molecule has 2 aromatic heterocycles. The Balaban J connectivity index is 1.98. The van der Waals surface area contributed by atoms with Crippen LogP contribution in [0.5, 0.6) is 5.75 Å². The van der Waals surface area contributed by atoms with Gasteiger partial charge in [0.1, 0.15) is 11.6 Å². The van der Waals surface area contributed by atoms with Crippen LogP contribution in [0, 0.1) is 0 Å². The van der Waals surface area contributed by atoms with Crippen LogP contribution >= 0.6 is 0 Å². The maximum atomic E-state index is 12.3. The van der Waals surface area contributed by atoms with Crippen LogP contribution < -0.4 is 10.3 Å². The van der Waals surface area contributed by atoms with Crippen molar-refractivity contribution in [1.29, 1.82) is 0 Å². The highest BCUT2D eigenvalue weighted by molar-refractivity contribution is 5.94. The van der Waals surface area contributed by atoms with Crippen molar-refractivity contribution in [3.63, 3.8) is 0 Å². The molecule has 0 unspecified atom stereocenters. The fourth-order valence-corrected chi connectivity index (χ4v) is 2.65.